The quantitative estimate of drug-likeness (QED) is 0.653. The summed E-state index contributed by atoms with van der Waals surface area (Å²) in [4.78, 5) is 17.0. The van der Waals surface area contributed by atoms with E-state index in [0.717, 1.165) is 38.0 Å². The van der Waals surface area contributed by atoms with Crippen molar-refractivity contribution in [3.63, 3.8) is 0 Å². The van der Waals surface area contributed by atoms with E-state index in [0.29, 0.717) is 0 Å². The van der Waals surface area contributed by atoms with Gasteiger partial charge in [-0.25, -0.2) is 0 Å². The van der Waals surface area contributed by atoms with Crippen molar-refractivity contribution in [3.8, 4) is 0 Å². The molecule has 0 aliphatic rings. The number of Topliss-reactive ketones (excluding diaryl/α,β-unsaturated/α-hetero) is 1. The number of aryl methyl sites for hydroxylation is 1. The molecule has 0 aliphatic carbocycles. The third-order valence-corrected chi connectivity index (χ3v) is 4.03. The third-order valence-electron chi connectivity index (χ3n) is 4.03. The van der Waals surface area contributed by atoms with Crippen molar-refractivity contribution in [2.24, 2.45) is 0 Å². The zero-order valence-corrected chi connectivity index (χ0v) is 14.2. The molecule has 0 aromatic heterocycles. The Bertz CT molecular complexity index is 425. The van der Waals surface area contributed by atoms with Crippen LogP contribution in [0.1, 0.15) is 43.1 Å². The van der Waals surface area contributed by atoms with Crippen LogP contribution >= 0.6 is 0 Å². The van der Waals surface area contributed by atoms with Crippen molar-refractivity contribution in [3.05, 3.63) is 35.4 Å². The number of benzene rings is 1. The molecule has 0 radical (unpaired) electrons. The Kier molecular flexibility index (Phi) is 7.62. The molecule has 1 atom stereocenters. The Morgan fingerprint density at radius 1 is 1.10 bits per heavy atom. The number of nitrogens with zero attached hydrogens (tertiary/aromatic N) is 2. The summed E-state index contributed by atoms with van der Waals surface area (Å²) in [6, 6.07) is 7.99. The molecule has 3 nitrogen and oxygen atoms in total. The van der Waals surface area contributed by atoms with E-state index >= 15 is 0 Å². The summed E-state index contributed by atoms with van der Waals surface area (Å²) in [5, 5.41) is 0. The summed E-state index contributed by atoms with van der Waals surface area (Å²) in [6.07, 6.45) is 2.10. The van der Waals surface area contributed by atoms with Gasteiger partial charge in [0, 0.05) is 12.1 Å². The van der Waals surface area contributed by atoms with E-state index in [4.69, 9.17) is 0 Å². The van der Waals surface area contributed by atoms with Crippen LogP contribution in [-0.2, 0) is 6.42 Å². The normalized spacial score (nSPS) is 12.9. The van der Waals surface area contributed by atoms with Gasteiger partial charge in [-0.3, -0.25) is 9.69 Å². The fraction of sp³-hybridized carbons (Fsp3) is 0.611. The number of ketones is 1. The zero-order valence-electron chi connectivity index (χ0n) is 14.2. The molecule has 1 aromatic carbocycles. The first-order valence-electron chi connectivity index (χ1n) is 8.01. The van der Waals surface area contributed by atoms with Crippen molar-refractivity contribution in [2.45, 2.75) is 39.7 Å². The summed E-state index contributed by atoms with van der Waals surface area (Å²) in [5.74, 6) is 0.226. The molecular weight excluding hydrogens is 260 g/mol. The molecule has 0 bridgehead atoms. The fourth-order valence-corrected chi connectivity index (χ4v) is 2.53. The van der Waals surface area contributed by atoms with Gasteiger partial charge in [-0.05, 0) is 52.5 Å². The van der Waals surface area contributed by atoms with Crippen molar-refractivity contribution in [1.29, 1.82) is 0 Å². The van der Waals surface area contributed by atoms with E-state index in [1.54, 1.807) is 0 Å². The molecule has 1 rings (SSSR count). The van der Waals surface area contributed by atoms with Gasteiger partial charge < -0.3 is 4.90 Å². The molecule has 3 heteroatoms. The van der Waals surface area contributed by atoms with Crippen molar-refractivity contribution < 1.29 is 4.79 Å². The van der Waals surface area contributed by atoms with Crippen LogP contribution in [0.2, 0.25) is 0 Å². The maximum atomic E-state index is 12.6. The highest BCUT2D eigenvalue weighted by Crippen LogP contribution is 2.11. The van der Waals surface area contributed by atoms with Crippen LogP contribution in [0.5, 0.6) is 0 Å². The first-order valence-corrected chi connectivity index (χ1v) is 8.01. The lowest BCUT2D eigenvalue weighted by Crippen LogP contribution is -2.40. The topological polar surface area (TPSA) is 23.6 Å². The maximum Gasteiger partial charge on any atom is 0.179 e. The Morgan fingerprint density at radius 3 is 2.19 bits per heavy atom. The fourth-order valence-electron chi connectivity index (χ4n) is 2.53. The number of hydrogen-bond donors (Lipinski definition) is 0. The van der Waals surface area contributed by atoms with E-state index in [2.05, 4.69) is 49.9 Å². The lowest BCUT2D eigenvalue weighted by Gasteiger charge is -2.27. The standard InChI is InChI=1S/C18H30N2O/c1-6-16-9-11-17(12-10-16)18(21)15(3)20(7-2)14-8-13-19(4)5/h9-12,15H,6-8,13-14H2,1-5H3. The third kappa shape index (κ3) is 5.60. The summed E-state index contributed by atoms with van der Waals surface area (Å²) in [6.45, 7) is 9.21. The van der Waals surface area contributed by atoms with Gasteiger partial charge in [-0.2, -0.15) is 0 Å². The molecule has 0 aliphatic heterocycles. The molecule has 0 N–H and O–H groups in total. The van der Waals surface area contributed by atoms with Gasteiger partial charge in [0.2, 0.25) is 0 Å². The predicted octanol–water partition coefficient (Wildman–Crippen LogP) is 3.09. The molecular formula is C18H30N2O. The molecule has 0 fully saturated rings. The summed E-state index contributed by atoms with van der Waals surface area (Å²) in [5.41, 5.74) is 2.10. The largest absolute Gasteiger partial charge is 0.309 e. The van der Waals surface area contributed by atoms with Crippen LogP contribution in [0, 0.1) is 0 Å². The lowest BCUT2D eigenvalue weighted by molar-refractivity contribution is 0.0840. The van der Waals surface area contributed by atoms with Gasteiger partial charge in [0.15, 0.2) is 5.78 Å². The van der Waals surface area contributed by atoms with Crippen molar-refractivity contribution >= 4 is 5.78 Å². The molecule has 0 saturated heterocycles. The van der Waals surface area contributed by atoms with Crippen molar-refractivity contribution in [2.75, 3.05) is 33.7 Å². The molecule has 0 saturated carbocycles. The second kappa shape index (κ2) is 8.96. The van der Waals surface area contributed by atoms with Gasteiger partial charge in [0.05, 0.1) is 6.04 Å². The first-order chi connectivity index (χ1) is 9.99. The van der Waals surface area contributed by atoms with Crippen LogP contribution < -0.4 is 0 Å². The van der Waals surface area contributed by atoms with Crippen LogP contribution in [0.25, 0.3) is 0 Å². The Hall–Kier alpha value is -1.19. The molecule has 1 unspecified atom stereocenters. The van der Waals surface area contributed by atoms with E-state index < -0.39 is 0 Å². The minimum Gasteiger partial charge on any atom is -0.309 e. The lowest BCUT2D eigenvalue weighted by atomic mass is 10.0. The highest BCUT2D eigenvalue weighted by atomic mass is 16.1. The number of likely N-dealkylation sites (N-methyl/N-ethyl adjacent to an activating group) is 1. The Balaban J connectivity index is 2.64. The van der Waals surface area contributed by atoms with Crippen molar-refractivity contribution in [1.82, 2.24) is 9.80 Å². The number of carbonyl (C=O) groups excluding carboxylic acids is 1. The van der Waals surface area contributed by atoms with Gasteiger partial charge in [0.1, 0.15) is 0 Å². The van der Waals surface area contributed by atoms with Crippen LogP contribution in [0.3, 0.4) is 0 Å². The second-order valence-electron chi connectivity index (χ2n) is 5.88. The van der Waals surface area contributed by atoms with Crippen LogP contribution in [0.4, 0.5) is 0 Å². The maximum absolute atomic E-state index is 12.6. The highest BCUT2D eigenvalue weighted by molar-refractivity contribution is 5.99. The van der Waals surface area contributed by atoms with Gasteiger partial charge in [-0.15, -0.1) is 0 Å². The number of carbonyl (C=O) groups is 1. The molecule has 21 heavy (non-hydrogen) atoms. The summed E-state index contributed by atoms with van der Waals surface area (Å²) < 4.78 is 0. The highest BCUT2D eigenvalue weighted by Gasteiger charge is 2.20. The van der Waals surface area contributed by atoms with Gasteiger partial charge in [-0.1, -0.05) is 38.1 Å². The zero-order chi connectivity index (χ0) is 15.8. The number of hydrogen-bond acceptors (Lipinski definition) is 3. The average molecular weight is 290 g/mol. The van der Waals surface area contributed by atoms with Gasteiger partial charge >= 0.3 is 0 Å². The minimum absolute atomic E-state index is 0.0513. The first kappa shape index (κ1) is 17.9. The summed E-state index contributed by atoms with van der Waals surface area (Å²) >= 11 is 0. The number of rotatable bonds is 9. The SMILES string of the molecule is CCc1ccc(C(=O)C(C)N(CC)CCCN(C)C)cc1. The van der Waals surface area contributed by atoms with E-state index in [1.165, 1.54) is 5.56 Å². The summed E-state index contributed by atoms with van der Waals surface area (Å²) in [7, 11) is 4.17. The molecule has 1 aromatic rings. The van der Waals surface area contributed by atoms with Crippen LogP contribution in [-0.4, -0.2) is 55.4 Å². The van der Waals surface area contributed by atoms with E-state index in [-0.39, 0.29) is 11.8 Å². The van der Waals surface area contributed by atoms with E-state index in [1.807, 2.05) is 19.1 Å². The second-order valence-corrected chi connectivity index (χ2v) is 5.88. The minimum atomic E-state index is -0.0513. The molecule has 0 heterocycles. The smallest absolute Gasteiger partial charge is 0.179 e. The Morgan fingerprint density at radius 2 is 1.71 bits per heavy atom. The monoisotopic (exact) mass is 290 g/mol. The van der Waals surface area contributed by atoms with Gasteiger partial charge in [0.25, 0.3) is 0 Å². The average Bonchev–Trinajstić information content (AvgIpc) is 2.50. The Labute approximate surface area is 129 Å². The predicted molar refractivity (Wildman–Crippen MR) is 90.0 cm³/mol. The van der Waals surface area contributed by atoms with E-state index in [9.17, 15) is 4.79 Å². The molecule has 0 spiro atoms. The molecule has 118 valence electrons. The van der Waals surface area contributed by atoms with Crippen LogP contribution in [0.15, 0.2) is 24.3 Å². The molecule has 0 amide bonds.